The van der Waals surface area contributed by atoms with E-state index in [4.69, 9.17) is 4.74 Å². The van der Waals surface area contributed by atoms with E-state index in [9.17, 15) is 9.59 Å². The third-order valence-corrected chi connectivity index (χ3v) is 4.56. The van der Waals surface area contributed by atoms with Gasteiger partial charge in [0.25, 0.3) is 5.88 Å². The summed E-state index contributed by atoms with van der Waals surface area (Å²) >= 11 is 0. The highest BCUT2D eigenvalue weighted by Crippen LogP contribution is 2.24. The van der Waals surface area contributed by atoms with Crippen molar-refractivity contribution in [2.45, 2.75) is 19.3 Å². The van der Waals surface area contributed by atoms with Crippen molar-refractivity contribution < 1.29 is 14.3 Å². The summed E-state index contributed by atoms with van der Waals surface area (Å²) in [6.07, 6.45) is 5.20. The summed E-state index contributed by atoms with van der Waals surface area (Å²) in [7, 11) is 1.58. The number of amides is 2. The molecule has 0 bridgehead atoms. The fraction of sp³-hybridized carbons (Fsp3) is 0.625. The fourth-order valence-corrected chi connectivity index (χ4v) is 3.23. The van der Waals surface area contributed by atoms with Crippen LogP contribution in [0.15, 0.2) is 12.4 Å². The van der Waals surface area contributed by atoms with Crippen LogP contribution in [0.2, 0.25) is 0 Å². The first-order chi connectivity index (χ1) is 11.7. The van der Waals surface area contributed by atoms with E-state index in [-0.39, 0.29) is 17.7 Å². The maximum Gasteiger partial charge on any atom is 0.257 e. The molecular formula is C16H23N5O3. The Labute approximate surface area is 141 Å². The maximum atomic E-state index is 12.7. The molecule has 2 fully saturated rings. The third kappa shape index (κ3) is 3.58. The summed E-state index contributed by atoms with van der Waals surface area (Å²) in [5.41, 5.74) is 0. The molecule has 3 rings (SSSR count). The van der Waals surface area contributed by atoms with Gasteiger partial charge < -0.3 is 19.9 Å². The van der Waals surface area contributed by atoms with Crippen LogP contribution in [0.25, 0.3) is 0 Å². The Balaban J connectivity index is 1.62. The van der Waals surface area contributed by atoms with Crippen molar-refractivity contribution in [3.8, 4) is 5.88 Å². The average Bonchev–Trinajstić information content (AvgIpc) is 2.88. The predicted octanol–water partition coefficient (Wildman–Crippen LogP) is 0.0501. The molecule has 8 nitrogen and oxygen atoms in total. The Hall–Kier alpha value is -2.38. The highest BCUT2D eigenvalue weighted by Gasteiger charge is 2.30. The maximum absolute atomic E-state index is 12.7. The van der Waals surface area contributed by atoms with E-state index in [1.807, 2.05) is 4.90 Å². The molecule has 1 N–H and O–H groups in total. The second kappa shape index (κ2) is 7.46. The van der Waals surface area contributed by atoms with Crippen molar-refractivity contribution >= 4 is 17.6 Å². The normalized spacial score (nSPS) is 21.9. The predicted molar refractivity (Wildman–Crippen MR) is 87.7 cm³/mol. The molecule has 2 amide bonds. The third-order valence-electron chi connectivity index (χ3n) is 4.56. The standard InChI is InChI=1S/C16H23N5O3/c1-24-15-14(17-5-6-18-15)20-7-2-8-21(10-9-20)16(23)12-3-4-13(22)19-11-12/h5-6,12H,2-4,7-11H2,1H3,(H,19,22). The van der Waals surface area contributed by atoms with Gasteiger partial charge in [0.05, 0.1) is 13.0 Å². The Bertz CT molecular complexity index is 599. The number of ether oxygens (including phenoxy) is 1. The van der Waals surface area contributed by atoms with Gasteiger partial charge >= 0.3 is 0 Å². The Morgan fingerprint density at radius 3 is 2.83 bits per heavy atom. The van der Waals surface area contributed by atoms with E-state index >= 15 is 0 Å². The van der Waals surface area contributed by atoms with Gasteiger partial charge in [0.2, 0.25) is 11.8 Å². The molecule has 0 aromatic carbocycles. The van der Waals surface area contributed by atoms with Crippen LogP contribution < -0.4 is 15.0 Å². The summed E-state index contributed by atoms with van der Waals surface area (Å²) in [4.78, 5) is 36.5. The molecule has 1 aromatic rings. The number of carbonyl (C=O) groups excluding carboxylic acids is 2. The van der Waals surface area contributed by atoms with E-state index in [0.717, 1.165) is 25.3 Å². The molecule has 2 aliphatic heterocycles. The lowest BCUT2D eigenvalue weighted by atomic mass is 9.97. The number of hydrogen-bond acceptors (Lipinski definition) is 6. The molecule has 8 heteroatoms. The first kappa shape index (κ1) is 16.5. The van der Waals surface area contributed by atoms with Crippen LogP contribution in [-0.4, -0.2) is 66.5 Å². The van der Waals surface area contributed by atoms with E-state index in [2.05, 4.69) is 20.2 Å². The van der Waals surface area contributed by atoms with E-state index in [1.54, 1.807) is 19.5 Å². The van der Waals surface area contributed by atoms with Gasteiger partial charge in [0.1, 0.15) is 0 Å². The molecule has 0 saturated carbocycles. The lowest BCUT2D eigenvalue weighted by Gasteiger charge is -2.28. The summed E-state index contributed by atoms with van der Waals surface area (Å²) in [5.74, 6) is 1.31. The van der Waals surface area contributed by atoms with Gasteiger partial charge in [-0.3, -0.25) is 9.59 Å². The van der Waals surface area contributed by atoms with Crippen LogP contribution in [0.4, 0.5) is 5.82 Å². The lowest BCUT2D eigenvalue weighted by Crippen LogP contribution is -2.46. The monoisotopic (exact) mass is 333 g/mol. The SMILES string of the molecule is COc1nccnc1N1CCCN(C(=O)C2CCC(=O)NC2)CC1. The molecular weight excluding hydrogens is 310 g/mol. The van der Waals surface area contributed by atoms with Gasteiger partial charge in [-0.1, -0.05) is 0 Å². The number of carbonyl (C=O) groups is 2. The Morgan fingerprint density at radius 2 is 2.08 bits per heavy atom. The van der Waals surface area contributed by atoms with Gasteiger partial charge in [0, 0.05) is 51.5 Å². The van der Waals surface area contributed by atoms with Gasteiger partial charge in [-0.05, 0) is 12.8 Å². The zero-order valence-corrected chi connectivity index (χ0v) is 13.9. The molecule has 1 unspecified atom stereocenters. The highest BCUT2D eigenvalue weighted by atomic mass is 16.5. The highest BCUT2D eigenvalue weighted by molar-refractivity contribution is 5.83. The van der Waals surface area contributed by atoms with Gasteiger partial charge in [-0.15, -0.1) is 0 Å². The molecule has 0 spiro atoms. The fourth-order valence-electron chi connectivity index (χ4n) is 3.23. The minimum atomic E-state index is -0.0969. The number of rotatable bonds is 3. The van der Waals surface area contributed by atoms with Crippen molar-refractivity contribution in [1.82, 2.24) is 20.2 Å². The van der Waals surface area contributed by atoms with Gasteiger partial charge in [-0.2, -0.15) is 0 Å². The summed E-state index contributed by atoms with van der Waals surface area (Å²) < 4.78 is 5.28. The summed E-state index contributed by atoms with van der Waals surface area (Å²) in [5, 5.41) is 2.79. The van der Waals surface area contributed by atoms with Crippen molar-refractivity contribution in [2.75, 3.05) is 44.7 Å². The molecule has 3 heterocycles. The molecule has 1 aromatic heterocycles. The lowest BCUT2D eigenvalue weighted by molar-refractivity contribution is -0.137. The van der Waals surface area contributed by atoms with Gasteiger partial charge in [0.15, 0.2) is 5.82 Å². The number of nitrogens with one attached hydrogen (secondary N) is 1. The van der Waals surface area contributed by atoms with Crippen LogP contribution in [0.1, 0.15) is 19.3 Å². The first-order valence-corrected chi connectivity index (χ1v) is 8.34. The van der Waals surface area contributed by atoms with Crippen LogP contribution in [0.3, 0.4) is 0 Å². The van der Waals surface area contributed by atoms with Crippen molar-refractivity contribution in [1.29, 1.82) is 0 Å². The van der Waals surface area contributed by atoms with Gasteiger partial charge in [-0.25, -0.2) is 9.97 Å². The number of methoxy groups -OCH3 is 1. The van der Waals surface area contributed by atoms with Crippen molar-refractivity contribution in [2.24, 2.45) is 5.92 Å². The number of nitrogens with zero attached hydrogens (tertiary/aromatic N) is 4. The second-order valence-corrected chi connectivity index (χ2v) is 6.09. The second-order valence-electron chi connectivity index (χ2n) is 6.09. The minimum absolute atomic E-state index is 0.0378. The minimum Gasteiger partial charge on any atom is -0.478 e. The first-order valence-electron chi connectivity index (χ1n) is 8.34. The molecule has 24 heavy (non-hydrogen) atoms. The quantitative estimate of drug-likeness (QED) is 0.841. The van der Waals surface area contributed by atoms with E-state index in [0.29, 0.717) is 38.4 Å². The zero-order valence-electron chi connectivity index (χ0n) is 13.9. The molecule has 130 valence electrons. The number of aromatic nitrogens is 2. The Morgan fingerprint density at radius 1 is 1.25 bits per heavy atom. The largest absolute Gasteiger partial charge is 0.478 e. The zero-order chi connectivity index (χ0) is 16.9. The van der Waals surface area contributed by atoms with E-state index < -0.39 is 0 Å². The van der Waals surface area contributed by atoms with Crippen LogP contribution in [0.5, 0.6) is 5.88 Å². The number of hydrogen-bond donors (Lipinski definition) is 1. The van der Waals surface area contributed by atoms with Crippen molar-refractivity contribution in [3.63, 3.8) is 0 Å². The number of anilines is 1. The average molecular weight is 333 g/mol. The smallest absolute Gasteiger partial charge is 0.257 e. The Kier molecular flexibility index (Phi) is 5.12. The summed E-state index contributed by atoms with van der Waals surface area (Å²) in [6.45, 7) is 3.32. The van der Waals surface area contributed by atoms with Crippen LogP contribution in [-0.2, 0) is 9.59 Å². The van der Waals surface area contributed by atoms with Crippen molar-refractivity contribution in [3.05, 3.63) is 12.4 Å². The molecule has 0 radical (unpaired) electrons. The number of piperidine rings is 1. The topological polar surface area (TPSA) is 87.7 Å². The van der Waals surface area contributed by atoms with Crippen LogP contribution in [0, 0.1) is 5.92 Å². The summed E-state index contributed by atoms with van der Waals surface area (Å²) in [6, 6.07) is 0. The molecule has 2 aliphatic rings. The molecule has 0 aliphatic carbocycles. The van der Waals surface area contributed by atoms with Crippen LogP contribution >= 0.6 is 0 Å². The van der Waals surface area contributed by atoms with E-state index in [1.165, 1.54) is 0 Å². The molecule has 1 atom stereocenters. The molecule has 2 saturated heterocycles.